The van der Waals surface area contributed by atoms with Crippen LogP contribution in [-0.2, 0) is 10.2 Å². The van der Waals surface area contributed by atoms with E-state index in [0.29, 0.717) is 5.56 Å². The molecule has 0 spiro atoms. The zero-order valence-corrected chi connectivity index (χ0v) is 18.0. The molecule has 3 rings (SSSR count). The Labute approximate surface area is 183 Å². The normalized spacial score (nSPS) is 14.3. The molecule has 0 fully saturated rings. The largest absolute Gasteiger partial charge is 0.426 e. The third-order valence-corrected chi connectivity index (χ3v) is 5.55. The average molecular weight is 499 g/mol. The number of rotatable bonds is 5. The minimum absolute atomic E-state index is 0.0333. The maximum absolute atomic E-state index is 13.9. The second-order valence-corrected chi connectivity index (χ2v) is 8.71. The van der Waals surface area contributed by atoms with Crippen LogP contribution in [0.4, 0.5) is 18.9 Å². The average Bonchev–Trinajstić information content (AvgIpc) is 2.67. The molecular weight excluding hydrogens is 481 g/mol. The van der Waals surface area contributed by atoms with Gasteiger partial charge in [-0.1, -0.05) is 47.1 Å². The topological polar surface area (TPSA) is 92.4 Å². The summed E-state index contributed by atoms with van der Waals surface area (Å²) in [5, 5.41) is 16.5. The molecule has 1 unspecified atom stereocenters. The van der Waals surface area contributed by atoms with Gasteiger partial charge in [-0.2, -0.15) is 13.2 Å². The zero-order chi connectivity index (χ0) is 23.0. The molecule has 0 saturated heterocycles. The highest BCUT2D eigenvalue weighted by Crippen LogP contribution is 2.42. The number of fused-ring (bicyclic) bond motifs is 1. The molecule has 1 heterocycles. The number of aromatic nitrogens is 1. The van der Waals surface area contributed by atoms with Gasteiger partial charge in [-0.15, -0.1) is 0 Å². The maximum Gasteiger partial charge on any atom is 0.426 e. The molecule has 6 nitrogen and oxygen atoms in total. The van der Waals surface area contributed by atoms with Gasteiger partial charge in [-0.3, -0.25) is 4.79 Å². The summed E-state index contributed by atoms with van der Waals surface area (Å²) in [4.78, 5) is 24.3. The molecule has 3 aromatic rings. The highest BCUT2D eigenvalue weighted by Gasteiger charge is 2.61. The number of alkyl halides is 3. The van der Waals surface area contributed by atoms with Crippen molar-refractivity contribution in [2.45, 2.75) is 37.5 Å². The fourth-order valence-electron chi connectivity index (χ4n) is 3.30. The molecule has 164 valence electrons. The summed E-state index contributed by atoms with van der Waals surface area (Å²) in [6, 6.07) is 10.4. The predicted octanol–water partition coefficient (Wildman–Crippen LogP) is 4.55. The van der Waals surface area contributed by atoms with Crippen molar-refractivity contribution in [1.82, 2.24) is 5.16 Å². The van der Waals surface area contributed by atoms with E-state index in [1.165, 1.54) is 38.2 Å². The van der Waals surface area contributed by atoms with Gasteiger partial charge < -0.3 is 14.9 Å². The second-order valence-electron chi connectivity index (χ2n) is 7.79. The van der Waals surface area contributed by atoms with Gasteiger partial charge in [0.15, 0.2) is 0 Å². The van der Waals surface area contributed by atoms with Crippen molar-refractivity contribution in [1.29, 1.82) is 0 Å². The van der Waals surface area contributed by atoms with Gasteiger partial charge >= 0.3 is 11.8 Å². The summed E-state index contributed by atoms with van der Waals surface area (Å²) in [7, 11) is 0. The summed E-state index contributed by atoms with van der Waals surface area (Å²) in [6.07, 6.45) is -4.95. The third-order valence-electron chi connectivity index (χ3n) is 5.02. The lowest BCUT2D eigenvalue weighted by Crippen LogP contribution is -2.57. The van der Waals surface area contributed by atoms with E-state index in [1.54, 1.807) is 24.3 Å². The number of benzene rings is 2. The summed E-state index contributed by atoms with van der Waals surface area (Å²) in [5.41, 5.74) is -5.08. The lowest BCUT2D eigenvalue weighted by atomic mass is 9.74. The minimum atomic E-state index is -5.23. The van der Waals surface area contributed by atoms with Crippen LogP contribution in [0.1, 0.15) is 25.8 Å². The first kappa shape index (κ1) is 23.0. The number of nitrogens with zero attached hydrogens (tertiary/aromatic N) is 1. The van der Waals surface area contributed by atoms with Crippen molar-refractivity contribution in [3.8, 4) is 0 Å². The van der Waals surface area contributed by atoms with E-state index in [1.807, 2.05) is 0 Å². The zero-order valence-electron chi connectivity index (χ0n) is 16.5. The first-order valence-corrected chi connectivity index (χ1v) is 9.88. The van der Waals surface area contributed by atoms with Crippen LogP contribution in [0.25, 0.3) is 10.8 Å². The Kier molecular flexibility index (Phi) is 5.98. The van der Waals surface area contributed by atoms with E-state index in [9.17, 15) is 27.9 Å². The summed E-state index contributed by atoms with van der Waals surface area (Å²) >= 11 is 3.26. The summed E-state index contributed by atoms with van der Waals surface area (Å²) in [6.45, 7) is 3.03. The molecule has 1 atom stereocenters. The first-order valence-electron chi connectivity index (χ1n) is 9.09. The second kappa shape index (κ2) is 8.08. The molecule has 0 aliphatic rings. The Bertz CT molecular complexity index is 1180. The summed E-state index contributed by atoms with van der Waals surface area (Å²) < 4.78 is 46.9. The Hall–Kier alpha value is -2.72. The smallest absolute Gasteiger partial charge is 0.373 e. The Morgan fingerprint density at radius 3 is 2.42 bits per heavy atom. The van der Waals surface area contributed by atoms with Gasteiger partial charge in [0, 0.05) is 22.0 Å². The van der Waals surface area contributed by atoms with Gasteiger partial charge in [-0.25, -0.2) is 4.79 Å². The van der Waals surface area contributed by atoms with Crippen molar-refractivity contribution < 1.29 is 27.6 Å². The standard InChI is InChI=1S/C21H18BrF3N2O4/c1-19(2,13-3-5-14(22)6-4-13)11-20(30,21(23,24)25)18(29)27-15-7-8-16-12(9-15)10-26-31-17(16)28/h3-10,30H,11H2,1-2H3,(H,27,29). The number of nitrogens with one attached hydrogen (secondary N) is 1. The molecule has 1 aromatic heterocycles. The van der Waals surface area contributed by atoms with Gasteiger partial charge in [0.25, 0.3) is 5.91 Å². The van der Waals surface area contributed by atoms with Crippen LogP contribution in [0.3, 0.4) is 0 Å². The minimum Gasteiger partial charge on any atom is -0.373 e. The van der Waals surface area contributed by atoms with Gasteiger partial charge in [0.05, 0.1) is 11.6 Å². The molecular formula is C21H18BrF3N2O4. The molecule has 0 aliphatic heterocycles. The van der Waals surface area contributed by atoms with E-state index < -0.39 is 35.1 Å². The quantitative estimate of drug-likeness (QED) is 0.538. The molecule has 0 bridgehead atoms. The Balaban J connectivity index is 1.93. The molecule has 31 heavy (non-hydrogen) atoms. The number of aliphatic hydroxyl groups is 1. The lowest BCUT2D eigenvalue weighted by molar-refractivity contribution is -0.254. The van der Waals surface area contributed by atoms with Crippen molar-refractivity contribution in [2.24, 2.45) is 0 Å². The van der Waals surface area contributed by atoms with Crippen molar-refractivity contribution in [3.05, 3.63) is 69.1 Å². The molecule has 0 radical (unpaired) electrons. The Morgan fingerprint density at radius 2 is 1.81 bits per heavy atom. The summed E-state index contributed by atoms with van der Waals surface area (Å²) in [5.74, 6) is -1.62. The van der Waals surface area contributed by atoms with Crippen molar-refractivity contribution >= 4 is 38.3 Å². The van der Waals surface area contributed by atoms with Crippen LogP contribution in [-0.4, -0.2) is 27.9 Å². The molecule has 2 N–H and O–H groups in total. The molecule has 1 amide bonds. The number of hydrogen-bond acceptors (Lipinski definition) is 5. The highest BCUT2D eigenvalue weighted by molar-refractivity contribution is 9.10. The van der Waals surface area contributed by atoms with E-state index >= 15 is 0 Å². The first-order chi connectivity index (χ1) is 14.3. The number of amides is 1. The van der Waals surface area contributed by atoms with Crippen molar-refractivity contribution in [2.75, 3.05) is 5.32 Å². The van der Waals surface area contributed by atoms with Crippen LogP contribution < -0.4 is 10.9 Å². The fourth-order valence-corrected chi connectivity index (χ4v) is 3.56. The molecule has 0 saturated carbocycles. The maximum atomic E-state index is 13.9. The fraction of sp³-hybridized carbons (Fsp3) is 0.286. The van der Waals surface area contributed by atoms with Gasteiger partial charge in [0.2, 0.25) is 5.60 Å². The van der Waals surface area contributed by atoms with E-state index in [4.69, 9.17) is 0 Å². The van der Waals surface area contributed by atoms with Crippen LogP contribution in [0.15, 0.2) is 62.5 Å². The van der Waals surface area contributed by atoms with Crippen LogP contribution in [0, 0.1) is 0 Å². The number of carbonyl (C=O) groups excluding carboxylic acids is 1. The van der Waals surface area contributed by atoms with Gasteiger partial charge in [-0.05, 0) is 41.3 Å². The molecule has 10 heteroatoms. The van der Waals surface area contributed by atoms with E-state index in [-0.39, 0.29) is 16.5 Å². The predicted molar refractivity (Wildman–Crippen MR) is 112 cm³/mol. The number of carbonyl (C=O) groups is 1. The van der Waals surface area contributed by atoms with Crippen LogP contribution in [0.2, 0.25) is 0 Å². The van der Waals surface area contributed by atoms with Crippen LogP contribution >= 0.6 is 15.9 Å². The van der Waals surface area contributed by atoms with E-state index in [0.717, 1.165) is 4.47 Å². The van der Waals surface area contributed by atoms with Crippen LogP contribution in [0.5, 0.6) is 0 Å². The Morgan fingerprint density at radius 1 is 1.16 bits per heavy atom. The van der Waals surface area contributed by atoms with Crippen molar-refractivity contribution in [3.63, 3.8) is 0 Å². The number of hydrogen-bond donors (Lipinski definition) is 2. The number of halogens is 4. The lowest BCUT2D eigenvalue weighted by Gasteiger charge is -2.36. The highest BCUT2D eigenvalue weighted by atomic mass is 79.9. The SMILES string of the molecule is CC(C)(CC(O)(C(=O)Nc1ccc2c(=O)oncc2c1)C(F)(F)F)c1ccc(Br)cc1. The third kappa shape index (κ3) is 4.64. The monoisotopic (exact) mass is 498 g/mol. The van der Waals surface area contributed by atoms with Gasteiger partial charge in [0.1, 0.15) is 0 Å². The molecule has 0 aliphatic carbocycles. The number of anilines is 1. The van der Waals surface area contributed by atoms with E-state index in [2.05, 4.69) is 30.9 Å². The molecule has 2 aromatic carbocycles.